The zero-order chi connectivity index (χ0) is 5.72. The maximum Gasteiger partial charge on any atom is -0.0355 e. The Morgan fingerprint density at radius 2 is 1.88 bits per heavy atom. The summed E-state index contributed by atoms with van der Waals surface area (Å²) in [6.45, 7) is 4.82. The summed E-state index contributed by atoms with van der Waals surface area (Å²) in [6.07, 6.45) is 3.09. The molecule has 3 unspecified atom stereocenters. The number of hydrogen-bond acceptors (Lipinski definition) is 0. The van der Waals surface area contributed by atoms with Gasteiger partial charge in [0.05, 0.1) is 0 Å². The monoisotopic (exact) mass is 110 g/mol. The van der Waals surface area contributed by atoms with Crippen LogP contribution in [0.2, 0.25) is 0 Å². The number of fused-ring (bicyclic) bond motifs is 1. The molecule has 0 aliphatic heterocycles. The van der Waals surface area contributed by atoms with E-state index < -0.39 is 0 Å². The molecule has 0 N–H and O–H groups in total. The SMILES string of the molecule is CC1CC2CC2[C@H]1C. The van der Waals surface area contributed by atoms with Crippen LogP contribution in [0.15, 0.2) is 0 Å². The third kappa shape index (κ3) is 0.463. The third-order valence-electron chi connectivity index (χ3n) is 3.22. The van der Waals surface area contributed by atoms with Crippen LogP contribution in [-0.4, -0.2) is 0 Å². The van der Waals surface area contributed by atoms with E-state index in [1.807, 2.05) is 0 Å². The Kier molecular flexibility index (Phi) is 0.778. The Balaban J connectivity index is 2.08. The molecule has 0 saturated heterocycles. The van der Waals surface area contributed by atoms with Gasteiger partial charge in [0.15, 0.2) is 0 Å². The minimum atomic E-state index is 1.04. The van der Waals surface area contributed by atoms with Gasteiger partial charge in [-0.2, -0.15) is 0 Å². The van der Waals surface area contributed by atoms with Crippen molar-refractivity contribution in [2.45, 2.75) is 26.7 Å². The van der Waals surface area contributed by atoms with Crippen LogP contribution >= 0.6 is 0 Å². The van der Waals surface area contributed by atoms with Crippen LogP contribution in [0.4, 0.5) is 0 Å². The van der Waals surface area contributed by atoms with Gasteiger partial charge in [0.25, 0.3) is 0 Å². The molecule has 0 aromatic carbocycles. The first-order valence-electron chi connectivity index (χ1n) is 3.79. The van der Waals surface area contributed by atoms with Crippen LogP contribution in [0.3, 0.4) is 0 Å². The van der Waals surface area contributed by atoms with E-state index in [0.717, 1.165) is 17.8 Å². The summed E-state index contributed by atoms with van der Waals surface area (Å²) in [5.41, 5.74) is 0. The van der Waals surface area contributed by atoms with Crippen molar-refractivity contribution >= 4 is 0 Å². The lowest BCUT2D eigenvalue weighted by Crippen LogP contribution is -2.02. The van der Waals surface area contributed by atoms with Crippen molar-refractivity contribution in [1.82, 2.24) is 0 Å². The normalized spacial score (nSPS) is 60.8. The van der Waals surface area contributed by atoms with Crippen molar-refractivity contribution in [3.63, 3.8) is 0 Å². The van der Waals surface area contributed by atoms with Crippen LogP contribution in [-0.2, 0) is 0 Å². The molecule has 2 rings (SSSR count). The predicted octanol–water partition coefficient (Wildman–Crippen LogP) is 2.30. The molecule has 8 heavy (non-hydrogen) atoms. The molecule has 2 saturated carbocycles. The van der Waals surface area contributed by atoms with Gasteiger partial charge in [0.2, 0.25) is 0 Å². The highest BCUT2D eigenvalue weighted by Crippen LogP contribution is 2.57. The first-order chi connectivity index (χ1) is 3.79. The smallest absolute Gasteiger partial charge is 0.0355 e. The lowest BCUT2D eigenvalue weighted by molar-refractivity contribution is 0.394. The van der Waals surface area contributed by atoms with Gasteiger partial charge in [-0.25, -0.2) is 0 Å². The molecule has 46 valence electrons. The van der Waals surface area contributed by atoms with Crippen molar-refractivity contribution in [3.05, 3.63) is 0 Å². The second-order valence-electron chi connectivity index (χ2n) is 3.73. The summed E-state index contributed by atoms with van der Waals surface area (Å²) in [6, 6.07) is 0. The van der Waals surface area contributed by atoms with E-state index in [1.54, 1.807) is 6.42 Å². The predicted molar refractivity (Wildman–Crippen MR) is 34.5 cm³/mol. The molecular formula is C8H14. The second-order valence-corrected chi connectivity index (χ2v) is 3.73. The number of hydrogen-bond donors (Lipinski definition) is 0. The Bertz CT molecular complexity index is 105. The molecule has 0 nitrogen and oxygen atoms in total. The summed E-state index contributed by atoms with van der Waals surface area (Å²) < 4.78 is 0. The van der Waals surface area contributed by atoms with Crippen molar-refractivity contribution in [2.24, 2.45) is 23.7 Å². The summed E-state index contributed by atoms with van der Waals surface area (Å²) in [7, 11) is 0. The van der Waals surface area contributed by atoms with E-state index in [9.17, 15) is 0 Å². The van der Waals surface area contributed by atoms with Gasteiger partial charge in [-0.05, 0) is 36.5 Å². The average Bonchev–Trinajstić information content (AvgIpc) is 2.39. The van der Waals surface area contributed by atoms with Crippen molar-refractivity contribution in [1.29, 1.82) is 0 Å². The minimum absolute atomic E-state index is 1.04. The highest BCUT2D eigenvalue weighted by Gasteiger charge is 2.49. The molecule has 2 fully saturated rings. The molecular weight excluding hydrogens is 96.1 g/mol. The molecule has 2 aliphatic rings. The molecule has 0 heterocycles. The Morgan fingerprint density at radius 1 is 1.12 bits per heavy atom. The van der Waals surface area contributed by atoms with Gasteiger partial charge in [-0.1, -0.05) is 13.8 Å². The Morgan fingerprint density at radius 3 is 2.12 bits per heavy atom. The van der Waals surface area contributed by atoms with Gasteiger partial charge < -0.3 is 0 Å². The summed E-state index contributed by atoms with van der Waals surface area (Å²) in [5, 5.41) is 0. The first kappa shape index (κ1) is 4.84. The molecule has 4 atom stereocenters. The quantitative estimate of drug-likeness (QED) is 0.449. The maximum absolute atomic E-state index is 2.42. The lowest BCUT2D eigenvalue weighted by Gasteiger charge is -2.10. The average molecular weight is 110 g/mol. The third-order valence-corrected chi connectivity index (χ3v) is 3.22. The van der Waals surface area contributed by atoms with Gasteiger partial charge in [0, 0.05) is 0 Å². The van der Waals surface area contributed by atoms with Crippen LogP contribution in [0, 0.1) is 23.7 Å². The van der Waals surface area contributed by atoms with Crippen molar-refractivity contribution < 1.29 is 0 Å². The standard InChI is InChI=1S/C8H14/c1-5-3-7-4-8(7)6(5)2/h5-8H,3-4H2,1-2H3/t5?,6-,7?,8?/m0/s1. The van der Waals surface area contributed by atoms with Crippen LogP contribution in [0.1, 0.15) is 26.7 Å². The summed E-state index contributed by atoms with van der Waals surface area (Å²) >= 11 is 0. The van der Waals surface area contributed by atoms with Crippen LogP contribution in [0.5, 0.6) is 0 Å². The van der Waals surface area contributed by atoms with Gasteiger partial charge in [-0.15, -0.1) is 0 Å². The van der Waals surface area contributed by atoms with E-state index in [4.69, 9.17) is 0 Å². The number of rotatable bonds is 0. The zero-order valence-electron chi connectivity index (χ0n) is 5.72. The molecule has 0 bridgehead atoms. The second kappa shape index (κ2) is 1.29. The fraction of sp³-hybridized carbons (Fsp3) is 1.00. The van der Waals surface area contributed by atoms with Crippen LogP contribution < -0.4 is 0 Å². The van der Waals surface area contributed by atoms with Crippen molar-refractivity contribution in [2.75, 3.05) is 0 Å². The van der Waals surface area contributed by atoms with E-state index in [-0.39, 0.29) is 0 Å². The van der Waals surface area contributed by atoms with Gasteiger partial charge >= 0.3 is 0 Å². The van der Waals surface area contributed by atoms with E-state index in [2.05, 4.69) is 13.8 Å². The minimum Gasteiger partial charge on any atom is -0.0622 e. The Hall–Kier alpha value is 0. The topological polar surface area (TPSA) is 0 Å². The largest absolute Gasteiger partial charge is 0.0622 e. The summed E-state index contributed by atoms with van der Waals surface area (Å²) in [5.74, 6) is 4.42. The first-order valence-corrected chi connectivity index (χ1v) is 3.79. The van der Waals surface area contributed by atoms with E-state index >= 15 is 0 Å². The molecule has 2 aliphatic carbocycles. The summed E-state index contributed by atoms with van der Waals surface area (Å²) in [4.78, 5) is 0. The molecule has 0 radical (unpaired) electrons. The zero-order valence-corrected chi connectivity index (χ0v) is 5.72. The van der Waals surface area contributed by atoms with Crippen molar-refractivity contribution in [3.8, 4) is 0 Å². The molecule has 0 aromatic heterocycles. The fourth-order valence-electron chi connectivity index (χ4n) is 2.30. The molecule has 0 aromatic rings. The molecule has 0 heteroatoms. The van der Waals surface area contributed by atoms with E-state index in [0.29, 0.717) is 0 Å². The van der Waals surface area contributed by atoms with Gasteiger partial charge in [0.1, 0.15) is 0 Å². The lowest BCUT2D eigenvalue weighted by atomic mass is 9.95. The Labute approximate surface area is 51.3 Å². The molecule has 0 spiro atoms. The van der Waals surface area contributed by atoms with Gasteiger partial charge in [-0.3, -0.25) is 0 Å². The fourth-order valence-corrected chi connectivity index (χ4v) is 2.30. The highest BCUT2D eigenvalue weighted by molar-refractivity contribution is 4.98. The van der Waals surface area contributed by atoms with E-state index in [1.165, 1.54) is 12.3 Å². The highest BCUT2D eigenvalue weighted by atomic mass is 14.5. The maximum atomic E-state index is 2.42. The molecule has 0 amide bonds. The van der Waals surface area contributed by atoms with Crippen LogP contribution in [0.25, 0.3) is 0 Å².